The van der Waals surface area contributed by atoms with Gasteiger partial charge in [0.05, 0.1) is 17.3 Å². The molecule has 0 radical (unpaired) electrons. The molecule has 1 aliphatic rings. The van der Waals surface area contributed by atoms with E-state index in [0.29, 0.717) is 22.4 Å². The number of benzene rings is 1. The third kappa shape index (κ3) is 3.47. The fourth-order valence-electron chi connectivity index (χ4n) is 2.64. The Labute approximate surface area is 155 Å². The van der Waals surface area contributed by atoms with Crippen LogP contribution in [0.3, 0.4) is 0 Å². The standard InChI is InChI=1S/C15H16Cl2N4O2.ClH/c1-18-13(8-5-19-21(2)6-8)15(22)20-11-7-23-14-9(11)3-4-10(16)12(14)17;/h3-6,11,13,18H,7H2,1-2H3,(H,20,22);1H. The van der Waals surface area contributed by atoms with Crippen molar-refractivity contribution in [2.24, 2.45) is 7.05 Å². The SMILES string of the molecule is CNC(C(=O)NC1COc2c1ccc(Cl)c2Cl)c1cnn(C)c1.Cl. The first-order valence-electron chi connectivity index (χ1n) is 7.08. The second-order valence-electron chi connectivity index (χ2n) is 5.32. The van der Waals surface area contributed by atoms with Gasteiger partial charge in [0.1, 0.15) is 23.4 Å². The Bertz CT molecular complexity index is 750. The van der Waals surface area contributed by atoms with Crippen molar-refractivity contribution in [1.82, 2.24) is 20.4 Å². The van der Waals surface area contributed by atoms with Gasteiger partial charge in [-0.05, 0) is 13.1 Å². The second kappa shape index (κ2) is 7.61. The van der Waals surface area contributed by atoms with Gasteiger partial charge >= 0.3 is 0 Å². The molecule has 2 unspecified atom stereocenters. The Hall–Kier alpha value is -1.47. The summed E-state index contributed by atoms with van der Waals surface area (Å²) in [5.41, 5.74) is 1.62. The van der Waals surface area contributed by atoms with E-state index < -0.39 is 6.04 Å². The van der Waals surface area contributed by atoms with E-state index in [1.807, 2.05) is 6.07 Å². The lowest BCUT2D eigenvalue weighted by atomic mass is 10.1. The highest BCUT2D eigenvalue weighted by Crippen LogP contribution is 2.42. The van der Waals surface area contributed by atoms with E-state index in [-0.39, 0.29) is 24.4 Å². The number of nitrogens with zero attached hydrogens (tertiary/aromatic N) is 2. The van der Waals surface area contributed by atoms with Gasteiger partial charge in [0.15, 0.2) is 0 Å². The number of rotatable bonds is 4. The Balaban J connectivity index is 0.00000208. The zero-order valence-electron chi connectivity index (χ0n) is 13.0. The summed E-state index contributed by atoms with van der Waals surface area (Å²) in [7, 11) is 3.54. The van der Waals surface area contributed by atoms with Crippen LogP contribution in [-0.2, 0) is 11.8 Å². The Kier molecular flexibility index (Phi) is 5.98. The lowest BCUT2D eigenvalue weighted by molar-refractivity contribution is -0.124. The summed E-state index contributed by atoms with van der Waals surface area (Å²) in [5, 5.41) is 10.9. The predicted octanol–water partition coefficient (Wildman–Crippen LogP) is 2.66. The van der Waals surface area contributed by atoms with Gasteiger partial charge in [0.2, 0.25) is 5.91 Å². The van der Waals surface area contributed by atoms with E-state index >= 15 is 0 Å². The van der Waals surface area contributed by atoms with E-state index in [9.17, 15) is 4.79 Å². The molecule has 130 valence electrons. The Morgan fingerprint density at radius 2 is 2.21 bits per heavy atom. The minimum absolute atomic E-state index is 0. The highest BCUT2D eigenvalue weighted by molar-refractivity contribution is 6.43. The summed E-state index contributed by atoms with van der Waals surface area (Å²) in [4.78, 5) is 12.6. The van der Waals surface area contributed by atoms with Gasteiger partial charge in [0.25, 0.3) is 0 Å². The molecule has 2 aromatic rings. The molecule has 0 bridgehead atoms. The van der Waals surface area contributed by atoms with Gasteiger partial charge in [-0.1, -0.05) is 29.3 Å². The molecule has 24 heavy (non-hydrogen) atoms. The van der Waals surface area contributed by atoms with Gasteiger partial charge in [-0.2, -0.15) is 5.10 Å². The summed E-state index contributed by atoms with van der Waals surface area (Å²) < 4.78 is 7.23. The molecule has 1 amide bonds. The van der Waals surface area contributed by atoms with E-state index in [4.69, 9.17) is 27.9 Å². The molecule has 1 aromatic heterocycles. The van der Waals surface area contributed by atoms with Gasteiger partial charge < -0.3 is 15.4 Å². The largest absolute Gasteiger partial charge is 0.489 e. The molecule has 9 heteroatoms. The summed E-state index contributed by atoms with van der Waals surface area (Å²) in [6.07, 6.45) is 3.47. The number of aryl methyl sites for hydroxylation is 1. The average Bonchev–Trinajstić information content (AvgIpc) is 3.11. The summed E-state index contributed by atoms with van der Waals surface area (Å²) in [5.74, 6) is 0.375. The zero-order valence-corrected chi connectivity index (χ0v) is 15.4. The molecule has 0 saturated heterocycles. The summed E-state index contributed by atoms with van der Waals surface area (Å²) in [6, 6.07) is 2.77. The molecule has 0 saturated carbocycles. The number of hydrogen-bond donors (Lipinski definition) is 2. The molecule has 0 aliphatic carbocycles. The van der Waals surface area contributed by atoms with Crippen molar-refractivity contribution in [2.45, 2.75) is 12.1 Å². The van der Waals surface area contributed by atoms with Crippen molar-refractivity contribution in [3.8, 4) is 5.75 Å². The fourth-order valence-corrected chi connectivity index (χ4v) is 3.01. The highest BCUT2D eigenvalue weighted by atomic mass is 35.5. The minimum Gasteiger partial charge on any atom is -0.489 e. The van der Waals surface area contributed by atoms with Crippen LogP contribution in [0.1, 0.15) is 23.2 Å². The molecule has 3 rings (SSSR count). The van der Waals surface area contributed by atoms with E-state index in [2.05, 4.69) is 15.7 Å². The third-order valence-electron chi connectivity index (χ3n) is 3.78. The number of fused-ring (bicyclic) bond motifs is 1. The third-order valence-corrected chi connectivity index (χ3v) is 4.56. The van der Waals surface area contributed by atoms with Crippen LogP contribution in [0.15, 0.2) is 24.5 Å². The van der Waals surface area contributed by atoms with Crippen molar-refractivity contribution in [2.75, 3.05) is 13.7 Å². The van der Waals surface area contributed by atoms with E-state index in [1.165, 1.54) is 0 Å². The van der Waals surface area contributed by atoms with Crippen molar-refractivity contribution in [3.05, 3.63) is 45.7 Å². The van der Waals surface area contributed by atoms with Crippen LogP contribution in [0.2, 0.25) is 10.0 Å². The molecule has 6 nitrogen and oxygen atoms in total. The monoisotopic (exact) mass is 390 g/mol. The molecule has 0 spiro atoms. The Morgan fingerprint density at radius 3 is 2.83 bits per heavy atom. The normalized spacial score (nSPS) is 16.8. The van der Waals surface area contributed by atoms with E-state index in [0.717, 1.165) is 11.1 Å². The number of carbonyl (C=O) groups excluding carboxylic acids is 1. The fraction of sp³-hybridized carbons (Fsp3) is 0.333. The molecular formula is C15H17Cl3N4O2. The quantitative estimate of drug-likeness (QED) is 0.841. The van der Waals surface area contributed by atoms with Crippen molar-refractivity contribution in [3.63, 3.8) is 0 Å². The molecule has 1 aliphatic heterocycles. The number of ether oxygens (including phenoxy) is 1. The first-order valence-corrected chi connectivity index (χ1v) is 7.83. The lowest BCUT2D eigenvalue weighted by Gasteiger charge is -2.18. The summed E-state index contributed by atoms with van der Waals surface area (Å²) in [6.45, 7) is 0.324. The van der Waals surface area contributed by atoms with Gasteiger partial charge in [-0.15, -0.1) is 12.4 Å². The number of amides is 1. The number of likely N-dealkylation sites (N-methyl/N-ethyl adjacent to an activating group) is 1. The van der Waals surface area contributed by atoms with Crippen LogP contribution in [0.5, 0.6) is 5.75 Å². The second-order valence-corrected chi connectivity index (χ2v) is 6.11. The summed E-state index contributed by atoms with van der Waals surface area (Å²) >= 11 is 12.1. The zero-order chi connectivity index (χ0) is 16.6. The maximum Gasteiger partial charge on any atom is 0.242 e. The molecular weight excluding hydrogens is 375 g/mol. The van der Waals surface area contributed by atoms with Crippen LogP contribution >= 0.6 is 35.6 Å². The smallest absolute Gasteiger partial charge is 0.242 e. The lowest BCUT2D eigenvalue weighted by Crippen LogP contribution is -2.38. The average molecular weight is 392 g/mol. The minimum atomic E-state index is -0.490. The van der Waals surface area contributed by atoms with Gasteiger partial charge in [-0.3, -0.25) is 9.48 Å². The molecule has 1 aromatic carbocycles. The molecule has 2 heterocycles. The number of hydrogen-bond acceptors (Lipinski definition) is 4. The molecule has 2 atom stereocenters. The van der Waals surface area contributed by atoms with E-state index in [1.54, 1.807) is 37.2 Å². The van der Waals surface area contributed by atoms with Crippen molar-refractivity contribution in [1.29, 1.82) is 0 Å². The van der Waals surface area contributed by atoms with Crippen LogP contribution in [0.4, 0.5) is 0 Å². The maximum atomic E-state index is 12.6. The van der Waals surface area contributed by atoms with Gasteiger partial charge in [-0.25, -0.2) is 0 Å². The number of halogens is 3. The predicted molar refractivity (Wildman–Crippen MR) is 95.1 cm³/mol. The van der Waals surface area contributed by atoms with Crippen molar-refractivity contribution >= 4 is 41.5 Å². The van der Waals surface area contributed by atoms with Crippen LogP contribution in [-0.4, -0.2) is 29.3 Å². The number of carbonyl (C=O) groups is 1. The first kappa shape index (κ1) is 18.9. The first-order chi connectivity index (χ1) is 11.0. The maximum absolute atomic E-state index is 12.6. The topological polar surface area (TPSA) is 68.2 Å². The number of aromatic nitrogens is 2. The van der Waals surface area contributed by atoms with Gasteiger partial charge in [0, 0.05) is 24.4 Å². The van der Waals surface area contributed by atoms with Crippen LogP contribution < -0.4 is 15.4 Å². The Morgan fingerprint density at radius 1 is 1.46 bits per heavy atom. The molecule has 0 fully saturated rings. The number of nitrogens with one attached hydrogen (secondary N) is 2. The van der Waals surface area contributed by atoms with Crippen molar-refractivity contribution < 1.29 is 9.53 Å². The molecule has 2 N–H and O–H groups in total. The van der Waals surface area contributed by atoms with Crippen LogP contribution in [0.25, 0.3) is 0 Å². The van der Waals surface area contributed by atoms with Crippen LogP contribution in [0, 0.1) is 0 Å². The highest BCUT2D eigenvalue weighted by Gasteiger charge is 2.31.